The molecule has 0 aromatic heterocycles. The van der Waals surface area contributed by atoms with Crippen LogP contribution in [0.4, 0.5) is 0 Å². The van der Waals surface area contributed by atoms with Gasteiger partial charge in [0.2, 0.25) is 0 Å². The van der Waals surface area contributed by atoms with Gasteiger partial charge in [-0.2, -0.15) is 0 Å². The largest absolute Gasteiger partial charge is 0.462 e. The van der Waals surface area contributed by atoms with Crippen LogP contribution in [0.15, 0.2) is 23.8 Å². The minimum absolute atomic E-state index is 0.00705. The van der Waals surface area contributed by atoms with Crippen molar-refractivity contribution >= 4 is 29.8 Å². The third-order valence-electron chi connectivity index (χ3n) is 9.14. The molecule has 0 bridgehead atoms. The van der Waals surface area contributed by atoms with Gasteiger partial charge >= 0.3 is 29.8 Å². The minimum atomic E-state index is -2.04. The fourth-order valence-corrected chi connectivity index (χ4v) is 6.99. The van der Waals surface area contributed by atoms with E-state index in [0.29, 0.717) is 24.0 Å². The highest BCUT2D eigenvalue weighted by atomic mass is 16.6. The number of cyclic esters (lactones) is 1. The highest BCUT2D eigenvalue weighted by molar-refractivity contribution is 5.85. The van der Waals surface area contributed by atoms with Gasteiger partial charge in [0.05, 0.1) is 5.92 Å². The van der Waals surface area contributed by atoms with Gasteiger partial charge < -0.3 is 28.8 Å². The highest BCUT2D eigenvalue weighted by Gasteiger charge is 2.75. The van der Waals surface area contributed by atoms with E-state index >= 15 is 0 Å². The van der Waals surface area contributed by atoms with Crippen molar-refractivity contribution in [2.75, 3.05) is 6.61 Å². The Balaban J connectivity index is 2.37. The Kier molecular flexibility index (Phi) is 9.13. The zero-order valence-electron chi connectivity index (χ0n) is 25.1. The molecule has 2 aliphatic carbocycles. The zero-order valence-corrected chi connectivity index (χ0v) is 25.1. The maximum Gasteiger partial charge on any atom is 0.331 e. The van der Waals surface area contributed by atoms with Gasteiger partial charge in [-0.1, -0.05) is 39.8 Å². The predicted octanol–water partition coefficient (Wildman–Crippen LogP) is 2.97. The average molecular weight is 579 g/mol. The monoisotopic (exact) mass is 578 g/mol. The molecule has 0 aromatic carbocycles. The van der Waals surface area contributed by atoms with Crippen LogP contribution >= 0.6 is 0 Å². The van der Waals surface area contributed by atoms with Crippen molar-refractivity contribution in [2.24, 2.45) is 22.7 Å². The van der Waals surface area contributed by atoms with E-state index in [0.717, 1.165) is 0 Å². The lowest BCUT2D eigenvalue weighted by Gasteiger charge is -2.67. The second-order valence-corrected chi connectivity index (χ2v) is 12.2. The maximum atomic E-state index is 13.0. The SMILES string of the molecule is C=C1CC[C@H](OC(C)=O)[C@@H]2[C@]1(C)[C@H](OC(C)=O)[C@@H](OC(=O)C(C)C)[C@@](C)(O)[C@@]2(C)[C@@H](CC1=CC(=O)OC1)OC(C)=O. The van der Waals surface area contributed by atoms with Crippen molar-refractivity contribution in [1.29, 1.82) is 0 Å². The Hall–Kier alpha value is -3.21. The van der Waals surface area contributed by atoms with Crippen LogP contribution in [0.5, 0.6) is 0 Å². The Labute approximate surface area is 240 Å². The Morgan fingerprint density at radius 2 is 1.63 bits per heavy atom. The first kappa shape index (κ1) is 32.3. The lowest BCUT2D eigenvalue weighted by Crippen LogP contribution is -2.78. The molecule has 0 saturated heterocycles. The number of aliphatic hydroxyl groups is 1. The molecular formula is C30H42O11. The normalized spacial score (nSPS) is 35.5. The van der Waals surface area contributed by atoms with Gasteiger partial charge in [0.25, 0.3) is 0 Å². The van der Waals surface area contributed by atoms with Crippen LogP contribution in [0.2, 0.25) is 0 Å². The van der Waals surface area contributed by atoms with E-state index in [4.69, 9.17) is 23.7 Å². The molecule has 2 saturated carbocycles. The molecule has 3 aliphatic rings. The van der Waals surface area contributed by atoms with Crippen molar-refractivity contribution in [3.63, 3.8) is 0 Å². The number of carbonyl (C=O) groups excluding carboxylic acids is 5. The van der Waals surface area contributed by atoms with E-state index in [-0.39, 0.29) is 13.0 Å². The number of hydrogen-bond donors (Lipinski definition) is 1. The molecule has 3 rings (SSSR count). The average Bonchev–Trinajstić information content (AvgIpc) is 3.25. The number of rotatable bonds is 8. The molecule has 1 heterocycles. The van der Waals surface area contributed by atoms with Gasteiger partial charge in [0, 0.05) is 50.0 Å². The molecular weight excluding hydrogens is 536 g/mol. The van der Waals surface area contributed by atoms with Crippen LogP contribution in [0, 0.1) is 22.7 Å². The molecule has 0 amide bonds. The van der Waals surface area contributed by atoms with E-state index in [9.17, 15) is 29.1 Å². The molecule has 1 N–H and O–H groups in total. The van der Waals surface area contributed by atoms with Crippen molar-refractivity contribution in [2.45, 2.75) is 105 Å². The number of esters is 5. The summed E-state index contributed by atoms with van der Waals surface area (Å²) in [4.78, 5) is 62.3. The third kappa shape index (κ3) is 5.78. The Morgan fingerprint density at radius 1 is 1.02 bits per heavy atom. The standard InChI is InChI=1S/C30H42O11/c1-15(2)27(35)41-26-25(40-19(6)33)28(7)16(3)10-11-21(38-17(4)31)24(28)29(8,30(26,9)36)22(39-18(5)32)12-20-13-23(34)37-14-20/h13,15,21-22,24-26,36H,3,10-12,14H2,1-2,4-9H3/t21-,22+,24+,25+,26+,28+,29-,30+/m0/s1. The molecule has 0 spiro atoms. The quantitative estimate of drug-likeness (QED) is 0.257. The first-order valence-electron chi connectivity index (χ1n) is 13.9. The fraction of sp³-hybridized carbons (Fsp3) is 0.700. The summed E-state index contributed by atoms with van der Waals surface area (Å²) in [5.41, 5.74) is -3.64. The minimum Gasteiger partial charge on any atom is -0.462 e. The lowest BCUT2D eigenvalue weighted by atomic mass is 9.41. The molecule has 41 heavy (non-hydrogen) atoms. The smallest absolute Gasteiger partial charge is 0.331 e. The molecule has 0 radical (unpaired) electrons. The van der Waals surface area contributed by atoms with Crippen molar-refractivity contribution in [3.05, 3.63) is 23.8 Å². The number of ether oxygens (including phenoxy) is 5. The van der Waals surface area contributed by atoms with Crippen molar-refractivity contribution in [3.8, 4) is 0 Å². The number of carbonyl (C=O) groups is 5. The van der Waals surface area contributed by atoms with Gasteiger partial charge in [0.1, 0.15) is 24.4 Å². The van der Waals surface area contributed by atoms with Crippen LogP contribution in [-0.4, -0.2) is 71.6 Å². The molecule has 11 nitrogen and oxygen atoms in total. The maximum absolute atomic E-state index is 13.0. The van der Waals surface area contributed by atoms with Gasteiger partial charge in [0.15, 0.2) is 12.2 Å². The molecule has 2 fully saturated rings. The summed E-state index contributed by atoms with van der Waals surface area (Å²) in [6, 6.07) is 0. The van der Waals surface area contributed by atoms with E-state index in [1.165, 1.54) is 33.8 Å². The third-order valence-corrected chi connectivity index (χ3v) is 9.14. The van der Waals surface area contributed by atoms with Crippen LogP contribution in [0.1, 0.15) is 74.7 Å². The van der Waals surface area contributed by atoms with Gasteiger partial charge in [-0.05, 0) is 25.3 Å². The topological polar surface area (TPSA) is 152 Å². The molecule has 8 atom stereocenters. The Bertz CT molecular complexity index is 1150. The van der Waals surface area contributed by atoms with E-state index in [2.05, 4.69) is 6.58 Å². The summed E-state index contributed by atoms with van der Waals surface area (Å²) >= 11 is 0. The Morgan fingerprint density at radius 3 is 2.12 bits per heavy atom. The van der Waals surface area contributed by atoms with Crippen molar-refractivity contribution < 1.29 is 52.8 Å². The first-order chi connectivity index (χ1) is 18.9. The van der Waals surface area contributed by atoms with Crippen LogP contribution in [0.3, 0.4) is 0 Å². The molecule has 11 heteroatoms. The number of hydrogen-bond acceptors (Lipinski definition) is 11. The summed E-state index contributed by atoms with van der Waals surface area (Å²) in [5.74, 6) is -4.52. The molecule has 1 aliphatic heterocycles. The van der Waals surface area contributed by atoms with Gasteiger partial charge in [-0.15, -0.1) is 0 Å². The molecule has 228 valence electrons. The van der Waals surface area contributed by atoms with Crippen LogP contribution < -0.4 is 0 Å². The second-order valence-electron chi connectivity index (χ2n) is 12.2. The van der Waals surface area contributed by atoms with E-state index < -0.39 is 82.5 Å². The van der Waals surface area contributed by atoms with Crippen LogP contribution in [-0.2, 0) is 47.7 Å². The van der Waals surface area contributed by atoms with Gasteiger partial charge in [-0.3, -0.25) is 19.2 Å². The summed E-state index contributed by atoms with van der Waals surface area (Å²) in [6.07, 6.45) is -2.59. The van der Waals surface area contributed by atoms with E-state index in [1.54, 1.807) is 27.7 Å². The van der Waals surface area contributed by atoms with Crippen LogP contribution in [0.25, 0.3) is 0 Å². The summed E-state index contributed by atoms with van der Waals surface area (Å²) in [7, 11) is 0. The second kappa shape index (κ2) is 11.6. The first-order valence-corrected chi connectivity index (χ1v) is 13.9. The summed E-state index contributed by atoms with van der Waals surface area (Å²) < 4.78 is 28.6. The molecule has 0 unspecified atom stereocenters. The predicted molar refractivity (Wildman–Crippen MR) is 144 cm³/mol. The van der Waals surface area contributed by atoms with Gasteiger partial charge in [-0.25, -0.2) is 4.79 Å². The fourth-order valence-electron chi connectivity index (χ4n) is 6.99. The molecule has 0 aromatic rings. The summed E-state index contributed by atoms with van der Waals surface area (Å²) in [5, 5.41) is 12.6. The zero-order chi connectivity index (χ0) is 31.1. The highest BCUT2D eigenvalue weighted by Crippen LogP contribution is 2.66. The van der Waals surface area contributed by atoms with Crippen molar-refractivity contribution in [1.82, 2.24) is 0 Å². The number of fused-ring (bicyclic) bond motifs is 1. The lowest BCUT2D eigenvalue weighted by molar-refractivity contribution is -0.313. The van der Waals surface area contributed by atoms with E-state index in [1.807, 2.05) is 0 Å². The summed E-state index contributed by atoms with van der Waals surface area (Å²) in [6.45, 7) is 16.1.